The molecule has 0 radical (unpaired) electrons. The highest BCUT2D eigenvalue weighted by molar-refractivity contribution is 7.89. The lowest BCUT2D eigenvalue weighted by molar-refractivity contribution is -0.122. The highest BCUT2D eigenvalue weighted by atomic mass is 32.2. The Labute approximate surface area is 185 Å². The lowest BCUT2D eigenvalue weighted by Crippen LogP contribution is -2.38. The van der Waals surface area contributed by atoms with Gasteiger partial charge in [0.25, 0.3) is 0 Å². The third-order valence-electron chi connectivity index (χ3n) is 5.01. The van der Waals surface area contributed by atoms with E-state index >= 15 is 0 Å². The molecule has 3 aromatic rings. The highest BCUT2D eigenvalue weighted by Crippen LogP contribution is 2.22. The highest BCUT2D eigenvalue weighted by Gasteiger charge is 2.22. The number of aryl methyl sites for hydroxylation is 1. The van der Waals surface area contributed by atoms with Crippen molar-refractivity contribution < 1.29 is 22.0 Å². The summed E-state index contributed by atoms with van der Waals surface area (Å²) < 4.78 is 55.7. The Morgan fingerprint density at radius 3 is 2.44 bits per heavy atom. The first-order valence-electron chi connectivity index (χ1n) is 9.93. The fraction of sp³-hybridized carbons (Fsp3) is 0.273. The van der Waals surface area contributed by atoms with Crippen molar-refractivity contribution in [3.63, 3.8) is 0 Å². The van der Waals surface area contributed by atoms with Crippen LogP contribution in [0, 0.1) is 11.6 Å². The van der Waals surface area contributed by atoms with Gasteiger partial charge in [-0.15, -0.1) is 0 Å². The number of carbonyl (C=O) groups excluding carboxylic acids is 1. The SMILES string of the molecule is CC(CC(=O)NC(CNS(=O)(=O)c1cnn(C)c1)c1ccccc1)c1ccc(F)c(F)c1. The first-order valence-corrected chi connectivity index (χ1v) is 11.4. The summed E-state index contributed by atoms with van der Waals surface area (Å²) in [6.45, 7) is 1.65. The van der Waals surface area contributed by atoms with Crippen molar-refractivity contribution in [2.45, 2.75) is 30.2 Å². The molecule has 10 heteroatoms. The number of amides is 1. The van der Waals surface area contributed by atoms with Gasteiger partial charge in [0, 0.05) is 26.2 Å². The van der Waals surface area contributed by atoms with E-state index in [0.717, 1.165) is 17.7 Å². The van der Waals surface area contributed by atoms with Gasteiger partial charge >= 0.3 is 0 Å². The lowest BCUT2D eigenvalue weighted by atomic mass is 9.97. The van der Waals surface area contributed by atoms with E-state index in [9.17, 15) is 22.0 Å². The van der Waals surface area contributed by atoms with Gasteiger partial charge in [-0.1, -0.05) is 43.3 Å². The minimum Gasteiger partial charge on any atom is -0.348 e. The van der Waals surface area contributed by atoms with Gasteiger partial charge in [0.2, 0.25) is 15.9 Å². The van der Waals surface area contributed by atoms with E-state index in [0.29, 0.717) is 5.56 Å². The number of carbonyl (C=O) groups is 1. The first kappa shape index (κ1) is 23.6. The monoisotopic (exact) mass is 462 g/mol. The van der Waals surface area contributed by atoms with Crippen LogP contribution in [0.1, 0.15) is 36.4 Å². The molecule has 0 aliphatic carbocycles. The quantitative estimate of drug-likeness (QED) is 0.511. The van der Waals surface area contributed by atoms with E-state index in [1.807, 2.05) is 6.07 Å². The van der Waals surface area contributed by atoms with Gasteiger partial charge in [0.1, 0.15) is 4.90 Å². The molecule has 1 amide bonds. The van der Waals surface area contributed by atoms with Crippen LogP contribution in [0.3, 0.4) is 0 Å². The summed E-state index contributed by atoms with van der Waals surface area (Å²) in [5.74, 6) is -2.64. The van der Waals surface area contributed by atoms with Crippen molar-refractivity contribution in [3.05, 3.63) is 83.7 Å². The third-order valence-corrected chi connectivity index (χ3v) is 6.39. The molecule has 32 heavy (non-hydrogen) atoms. The number of hydrogen-bond donors (Lipinski definition) is 2. The molecule has 1 heterocycles. The summed E-state index contributed by atoms with van der Waals surface area (Å²) in [6, 6.07) is 11.8. The van der Waals surface area contributed by atoms with Crippen LogP contribution in [0.15, 0.2) is 65.8 Å². The predicted molar refractivity (Wildman–Crippen MR) is 115 cm³/mol. The lowest BCUT2D eigenvalue weighted by Gasteiger charge is -2.21. The van der Waals surface area contributed by atoms with Crippen molar-refractivity contribution in [1.29, 1.82) is 0 Å². The molecule has 0 saturated carbocycles. The van der Waals surface area contributed by atoms with Crippen LogP contribution in [-0.4, -0.2) is 30.7 Å². The Hall–Kier alpha value is -3.11. The van der Waals surface area contributed by atoms with Crippen LogP contribution in [0.4, 0.5) is 8.78 Å². The van der Waals surface area contributed by atoms with E-state index in [2.05, 4.69) is 15.1 Å². The standard InChI is InChI=1S/C22H24F2N4O3S/c1-15(17-8-9-19(23)20(24)11-17)10-22(29)27-21(16-6-4-3-5-7-16)13-26-32(30,31)18-12-25-28(2)14-18/h3-9,11-12,14-15,21,26H,10,13H2,1-2H3,(H,27,29). The average molecular weight is 463 g/mol. The number of rotatable bonds is 9. The second-order valence-corrected chi connectivity index (χ2v) is 9.28. The summed E-state index contributed by atoms with van der Waals surface area (Å²) >= 11 is 0. The predicted octanol–water partition coefficient (Wildman–Crippen LogP) is 3.03. The molecule has 2 aromatic carbocycles. The second-order valence-electron chi connectivity index (χ2n) is 7.51. The maximum atomic E-state index is 13.5. The van der Waals surface area contributed by atoms with Crippen molar-refractivity contribution in [2.75, 3.05) is 6.54 Å². The Bertz CT molecular complexity index is 1180. The van der Waals surface area contributed by atoms with Crippen molar-refractivity contribution in [1.82, 2.24) is 19.8 Å². The molecule has 0 aliphatic heterocycles. The normalized spacial score (nSPS) is 13.5. The average Bonchev–Trinajstić information content (AvgIpc) is 3.21. The van der Waals surface area contributed by atoms with Gasteiger partial charge in [-0.25, -0.2) is 21.9 Å². The molecule has 0 aliphatic rings. The summed E-state index contributed by atoms with van der Waals surface area (Å²) in [6.07, 6.45) is 2.63. The summed E-state index contributed by atoms with van der Waals surface area (Å²) in [4.78, 5) is 12.7. The van der Waals surface area contributed by atoms with E-state index < -0.39 is 27.7 Å². The van der Waals surface area contributed by atoms with E-state index in [-0.39, 0.29) is 29.7 Å². The maximum Gasteiger partial charge on any atom is 0.243 e. The Balaban J connectivity index is 1.70. The summed E-state index contributed by atoms with van der Waals surface area (Å²) in [5.41, 5.74) is 1.21. The molecule has 2 atom stereocenters. The zero-order valence-electron chi connectivity index (χ0n) is 17.6. The Morgan fingerprint density at radius 1 is 1.09 bits per heavy atom. The number of nitrogens with one attached hydrogen (secondary N) is 2. The van der Waals surface area contributed by atoms with Crippen LogP contribution in [0.5, 0.6) is 0 Å². The summed E-state index contributed by atoms with van der Waals surface area (Å²) in [7, 11) is -2.20. The van der Waals surface area contributed by atoms with Crippen LogP contribution >= 0.6 is 0 Å². The molecule has 2 N–H and O–H groups in total. The molecular formula is C22H24F2N4O3S. The number of hydrogen-bond acceptors (Lipinski definition) is 4. The van der Waals surface area contributed by atoms with Crippen molar-refractivity contribution in [2.24, 2.45) is 7.05 Å². The number of nitrogens with zero attached hydrogens (tertiary/aromatic N) is 2. The molecular weight excluding hydrogens is 438 g/mol. The van der Waals surface area contributed by atoms with Gasteiger partial charge in [-0.05, 0) is 29.2 Å². The molecule has 170 valence electrons. The Morgan fingerprint density at radius 2 is 1.81 bits per heavy atom. The van der Waals surface area contributed by atoms with Gasteiger partial charge < -0.3 is 5.32 Å². The third kappa shape index (κ3) is 5.98. The maximum absolute atomic E-state index is 13.5. The molecule has 2 unspecified atom stereocenters. The fourth-order valence-corrected chi connectivity index (χ4v) is 4.25. The Kier molecular flexibility index (Phi) is 7.37. The molecule has 0 saturated heterocycles. The zero-order chi connectivity index (χ0) is 23.3. The van der Waals surface area contributed by atoms with Crippen LogP contribution in [0.2, 0.25) is 0 Å². The largest absolute Gasteiger partial charge is 0.348 e. The second kappa shape index (κ2) is 10.0. The number of sulfonamides is 1. The van der Waals surface area contributed by atoms with Crippen LogP contribution in [0.25, 0.3) is 0 Å². The van der Waals surface area contributed by atoms with Crippen molar-refractivity contribution >= 4 is 15.9 Å². The minimum absolute atomic E-state index is 0.0176. The van der Waals surface area contributed by atoms with E-state index in [1.165, 1.54) is 23.1 Å². The minimum atomic E-state index is -3.82. The zero-order valence-corrected chi connectivity index (χ0v) is 18.4. The molecule has 0 fully saturated rings. The van der Waals surface area contributed by atoms with Crippen molar-refractivity contribution in [3.8, 4) is 0 Å². The van der Waals surface area contributed by atoms with E-state index in [4.69, 9.17) is 0 Å². The molecule has 0 bridgehead atoms. The van der Waals surface area contributed by atoms with Gasteiger partial charge in [0.15, 0.2) is 11.6 Å². The molecule has 7 nitrogen and oxygen atoms in total. The van der Waals surface area contributed by atoms with Gasteiger partial charge in [-0.2, -0.15) is 5.10 Å². The fourth-order valence-electron chi connectivity index (χ4n) is 3.22. The molecule has 1 aromatic heterocycles. The molecule has 0 spiro atoms. The van der Waals surface area contributed by atoms with Crippen LogP contribution < -0.4 is 10.0 Å². The summed E-state index contributed by atoms with van der Waals surface area (Å²) in [5, 5.41) is 6.70. The molecule has 3 rings (SSSR count). The first-order chi connectivity index (χ1) is 15.2. The number of aromatic nitrogens is 2. The van der Waals surface area contributed by atoms with Gasteiger partial charge in [-0.3, -0.25) is 9.48 Å². The number of benzene rings is 2. The topological polar surface area (TPSA) is 93.1 Å². The number of halogens is 2. The van der Waals surface area contributed by atoms with Gasteiger partial charge in [0.05, 0.1) is 12.2 Å². The van der Waals surface area contributed by atoms with E-state index in [1.54, 1.807) is 38.2 Å². The van der Waals surface area contributed by atoms with Crippen LogP contribution in [-0.2, 0) is 21.9 Å². The smallest absolute Gasteiger partial charge is 0.243 e.